The van der Waals surface area contributed by atoms with Crippen molar-refractivity contribution in [2.24, 2.45) is 0 Å². The van der Waals surface area contributed by atoms with Crippen LogP contribution in [0.15, 0.2) is 60.7 Å². The minimum Gasteiger partial charge on any atom is -0.283 e. The molecule has 0 saturated heterocycles. The summed E-state index contributed by atoms with van der Waals surface area (Å²) in [5.41, 5.74) is 2.74. The Kier molecular flexibility index (Phi) is 5.43. The molecule has 0 radical (unpaired) electrons. The highest BCUT2D eigenvalue weighted by molar-refractivity contribution is 14.2. The van der Waals surface area contributed by atoms with Gasteiger partial charge >= 0.3 is 0 Å². The first-order chi connectivity index (χ1) is 8.40. The van der Waals surface area contributed by atoms with Crippen LogP contribution in [0.4, 0.5) is 0 Å². The molecule has 0 saturated carbocycles. The summed E-state index contributed by atoms with van der Waals surface area (Å²) in [5.74, 6) is 0. The van der Waals surface area contributed by atoms with Crippen LogP contribution in [0.1, 0.15) is 17.2 Å². The second-order valence-electron chi connectivity index (χ2n) is 3.89. The van der Waals surface area contributed by atoms with Gasteiger partial charge in [-0.05, 0) is 39.6 Å². The van der Waals surface area contributed by atoms with E-state index in [0.29, 0.717) is 6.04 Å². The van der Waals surface area contributed by atoms with Crippen molar-refractivity contribution in [3.8, 4) is 0 Å². The molecule has 0 aromatic heterocycles. The molecule has 0 spiro atoms. The normalized spacial score (nSPS) is 13.0. The number of nitrogens with one attached hydrogen (secondary N) is 1. The molecule has 0 aliphatic rings. The highest BCUT2D eigenvalue weighted by atomic mass is 127. The van der Waals surface area contributed by atoms with Gasteiger partial charge in [0, 0.05) is 12.4 Å². The summed E-state index contributed by atoms with van der Waals surface area (Å²) in [6, 6.07) is 21.7. The molecule has 17 heavy (non-hydrogen) atoms. The minimum absolute atomic E-state index is 0.411. The number of hydrogen-bond acceptors (Lipinski definition) is 1. The fraction of sp³-hybridized carbons (Fsp3) is 0.143. The summed E-state index contributed by atoms with van der Waals surface area (Å²) in [5, 5.41) is 3.56. The predicted molar refractivity (Wildman–Crippen MR) is 84.8 cm³/mol. The molecule has 1 nitrogen and oxygen atoms in total. The Balaban J connectivity index is 2.13. The summed E-state index contributed by atoms with van der Waals surface area (Å²) in [4.78, 5) is 0. The van der Waals surface area contributed by atoms with E-state index < -0.39 is 0 Å². The molecule has 3 heteroatoms. The lowest BCUT2D eigenvalue weighted by atomic mass is 10.00. The third kappa shape index (κ3) is 4.06. The molecule has 2 atom stereocenters. The molecular formula is C14H15INP. The molecule has 2 aromatic rings. The van der Waals surface area contributed by atoms with Crippen LogP contribution in [0.5, 0.6) is 0 Å². The van der Waals surface area contributed by atoms with Gasteiger partial charge in [0.25, 0.3) is 0 Å². The van der Waals surface area contributed by atoms with Crippen LogP contribution >= 0.6 is 28.4 Å². The van der Waals surface area contributed by atoms with E-state index in [9.17, 15) is 0 Å². The molecule has 0 bridgehead atoms. The van der Waals surface area contributed by atoms with Gasteiger partial charge in [0.15, 0.2) is 0 Å². The SMILES string of the molecule is IPNC(Cc1ccccc1)c1ccccc1. The van der Waals surface area contributed by atoms with E-state index in [0.717, 1.165) is 12.8 Å². The molecule has 0 heterocycles. The molecule has 2 unspecified atom stereocenters. The number of hydrogen-bond donors (Lipinski definition) is 1. The minimum atomic E-state index is 0.411. The summed E-state index contributed by atoms with van der Waals surface area (Å²) in [6.45, 7) is 0. The Bertz CT molecular complexity index is 432. The van der Waals surface area contributed by atoms with Gasteiger partial charge in [0.1, 0.15) is 0 Å². The van der Waals surface area contributed by atoms with Gasteiger partial charge in [-0.2, -0.15) is 0 Å². The van der Waals surface area contributed by atoms with Crippen LogP contribution in [-0.2, 0) is 6.42 Å². The molecule has 0 aliphatic carbocycles. The van der Waals surface area contributed by atoms with Crippen molar-refractivity contribution in [3.63, 3.8) is 0 Å². The first-order valence-electron chi connectivity index (χ1n) is 5.60. The van der Waals surface area contributed by atoms with Crippen molar-refractivity contribution >= 4 is 28.4 Å². The zero-order valence-corrected chi connectivity index (χ0v) is 12.6. The van der Waals surface area contributed by atoms with E-state index in [-0.39, 0.29) is 0 Å². The maximum atomic E-state index is 3.56. The lowest BCUT2D eigenvalue weighted by molar-refractivity contribution is 0.672. The van der Waals surface area contributed by atoms with E-state index in [4.69, 9.17) is 0 Å². The third-order valence-electron chi connectivity index (χ3n) is 2.71. The van der Waals surface area contributed by atoms with Crippen molar-refractivity contribution in [3.05, 3.63) is 71.8 Å². The van der Waals surface area contributed by atoms with Crippen LogP contribution in [0.2, 0.25) is 0 Å². The second kappa shape index (κ2) is 7.10. The van der Waals surface area contributed by atoms with Crippen molar-refractivity contribution in [2.75, 3.05) is 0 Å². The molecule has 0 aliphatic heterocycles. The summed E-state index contributed by atoms with van der Waals surface area (Å²) >= 11 is 2.39. The fourth-order valence-corrected chi connectivity index (χ4v) is 3.38. The van der Waals surface area contributed by atoms with Crippen molar-refractivity contribution < 1.29 is 0 Å². The average Bonchev–Trinajstić information content (AvgIpc) is 2.40. The Hall–Kier alpha value is -0.440. The van der Waals surface area contributed by atoms with Crippen LogP contribution in [0, 0.1) is 0 Å². The maximum Gasteiger partial charge on any atom is 0.0400 e. The first-order valence-corrected chi connectivity index (χ1v) is 9.71. The van der Waals surface area contributed by atoms with Crippen molar-refractivity contribution in [1.29, 1.82) is 0 Å². The smallest absolute Gasteiger partial charge is 0.0400 e. The van der Waals surface area contributed by atoms with Crippen LogP contribution in [-0.4, -0.2) is 0 Å². The van der Waals surface area contributed by atoms with Gasteiger partial charge in [0.2, 0.25) is 0 Å². The van der Waals surface area contributed by atoms with Crippen LogP contribution in [0.3, 0.4) is 0 Å². The largest absolute Gasteiger partial charge is 0.283 e. The molecular weight excluding hydrogens is 340 g/mol. The summed E-state index contributed by atoms with van der Waals surface area (Å²) in [6.07, 6.45) is 1.78. The van der Waals surface area contributed by atoms with Gasteiger partial charge < -0.3 is 0 Å². The van der Waals surface area contributed by atoms with Crippen LogP contribution < -0.4 is 5.09 Å². The monoisotopic (exact) mass is 355 g/mol. The maximum absolute atomic E-state index is 3.56. The van der Waals surface area contributed by atoms with Gasteiger partial charge in [0.05, 0.1) is 0 Å². The summed E-state index contributed by atoms with van der Waals surface area (Å²) < 4.78 is 0. The van der Waals surface area contributed by atoms with E-state index in [1.165, 1.54) is 11.1 Å². The second-order valence-corrected chi connectivity index (χ2v) is 5.99. The molecule has 2 rings (SSSR count). The topological polar surface area (TPSA) is 12.0 Å². The Morgan fingerprint density at radius 3 is 2.12 bits per heavy atom. The lowest BCUT2D eigenvalue weighted by Gasteiger charge is -2.17. The zero-order chi connectivity index (χ0) is 11.9. The predicted octanol–water partition coefficient (Wildman–Crippen LogP) is 4.50. The fourth-order valence-electron chi connectivity index (χ4n) is 1.85. The van der Waals surface area contributed by atoms with E-state index in [1.807, 2.05) is 0 Å². The summed E-state index contributed by atoms with van der Waals surface area (Å²) in [7, 11) is 0. The molecule has 0 amide bonds. The lowest BCUT2D eigenvalue weighted by Crippen LogP contribution is -2.14. The molecule has 1 N–H and O–H groups in total. The Labute approximate surface area is 117 Å². The molecule has 0 fully saturated rings. The first kappa shape index (κ1) is 13.0. The highest BCUT2D eigenvalue weighted by Gasteiger charge is 2.10. The number of benzene rings is 2. The average molecular weight is 355 g/mol. The van der Waals surface area contributed by atoms with Gasteiger partial charge in [-0.15, -0.1) is 0 Å². The Morgan fingerprint density at radius 2 is 1.53 bits per heavy atom. The van der Waals surface area contributed by atoms with Gasteiger partial charge in [-0.25, -0.2) is 0 Å². The van der Waals surface area contributed by atoms with Gasteiger partial charge in [-0.1, -0.05) is 60.7 Å². The van der Waals surface area contributed by atoms with Crippen molar-refractivity contribution in [2.45, 2.75) is 12.5 Å². The number of halogens is 1. The third-order valence-corrected chi connectivity index (χ3v) is 4.11. The quantitative estimate of drug-likeness (QED) is 0.615. The van der Waals surface area contributed by atoms with Crippen LogP contribution in [0.25, 0.3) is 0 Å². The standard InChI is InChI=1S/C14H15INP/c15-17-16-14(13-9-5-2-6-10-13)11-12-7-3-1-4-8-12/h1-10,14,16-17H,11H2. The number of rotatable bonds is 5. The van der Waals surface area contributed by atoms with Gasteiger partial charge in [-0.3, -0.25) is 5.09 Å². The van der Waals surface area contributed by atoms with E-state index in [2.05, 4.69) is 87.8 Å². The van der Waals surface area contributed by atoms with Crippen molar-refractivity contribution in [1.82, 2.24) is 5.09 Å². The highest BCUT2D eigenvalue weighted by Crippen LogP contribution is 2.26. The van der Waals surface area contributed by atoms with E-state index in [1.54, 1.807) is 0 Å². The molecule has 88 valence electrons. The zero-order valence-electron chi connectivity index (χ0n) is 9.44. The van der Waals surface area contributed by atoms with E-state index >= 15 is 0 Å². The molecule has 2 aromatic carbocycles. The Morgan fingerprint density at radius 1 is 0.941 bits per heavy atom.